The summed E-state index contributed by atoms with van der Waals surface area (Å²) in [6.07, 6.45) is 19.3. The Labute approximate surface area is 235 Å². The molecular formula is C36H59NO. The first-order valence-corrected chi connectivity index (χ1v) is 16.4. The van der Waals surface area contributed by atoms with E-state index in [-0.39, 0.29) is 11.0 Å². The van der Waals surface area contributed by atoms with Crippen molar-refractivity contribution in [3.63, 3.8) is 0 Å². The summed E-state index contributed by atoms with van der Waals surface area (Å²) < 4.78 is 0. The van der Waals surface area contributed by atoms with Gasteiger partial charge in [-0.05, 0) is 135 Å². The fraction of sp³-hybridized carbons (Fsp3) is 0.861. The highest BCUT2D eigenvalue weighted by atomic mass is 16.1. The van der Waals surface area contributed by atoms with Gasteiger partial charge in [0.25, 0.3) is 0 Å². The first-order valence-electron chi connectivity index (χ1n) is 16.4. The summed E-state index contributed by atoms with van der Waals surface area (Å²) in [6.45, 7) is 22.0. The van der Waals surface area contributed by atoms with Gasteiger partial charge in [-0.1, -0.05) is 65.3 Å². The molecule has 0 aliphatic heterocycles. The Morgan fingerprint density at radius 1 is 0.947 bits per heavy atom. The summed E-state index contributed by atoms with van der Waals surface area (Å²) in [5, 5.41) is 0. The lowest BCUT2D eigenvalue weighted by Crippen LogP contribution is -2.67. The van der Waals surface area contributed by atoms with Gasteiger partial charge in [0, 0.05) is 18.4 Å². The molecule has 2 N–H and O–H groups in total. The van der Waals surface area contributed by atoms with Crippen LogP contribution < -0.4 is 5.73 Å². The van der Waals surface area contributed by atoms with Crippen molar-refractivity contribution in [3.8, 4) is 0 Å². The third-order valence-electron chi connectivity index (χ3n) is 14.4. The number of hydrogen-bond acceptors (Lipinski definition) is 2. The summed E-state index contributed by atoms with van der Waals surface area (Å²) in [5.41, 5.74) is 11.8. The number of carbonyl (C=O) groups is 1. The lowest BCUT2D eigenvalue weighted by atomic mass is 9.33. The molecule has 214 valence electrons. The van der Waals surface area contributed by atoms with Crippen LogP contribution in [0.5, 0.6) is 0 Å². The topological polar surface area (TPSA) is 43.1 Å². The van der Waals surface area contributed by atoms with Crippen LogP contribution in [-0.2, 0) is 4.79 Å². The smallest absolute Gasteiger partial charge is 0.132 e. The van der Waals surface area contributed by atoms with E-state index in [1.54, 1.807) is 5.57 Å². The first kappa shape index (κ1) is 28.6. The van der Waals surface area contributed by atoms with E-state index in [9.17, 15) is 4.79 Å². The number of hydrogen-bond donors (Lipinski definition) is 1. The predicted octanol–water partition coefficient (Wildman–Crippen LogP) is 9.43. The van der Waals surface area contributed by atoms with E-state index < -0.39 is 0 Å². The highest BCUT2D eigenvalue weighted by molar-refractivity contribution is 5.77. The molecule has 4 saturated carbocycles. The second-order valence-electron chi connectivity index (χ2n) is 16.2. The number of carbonyl (C=O) groups excluding carboxylic acids is 1. The third-order valence-corrected chi connectivity index (χ3v) is 14.4. The number of ketones is 1. The molecule has 0 aromatic rings. The minimum atomic E-state index is 0.0459. The quantitative estimate of drug-likeness (QED) is 0.268. The Balaban J connectivity index is 1.41. The predicted molar refractivity (Wildman–Crippen MR) is 161 cm³/mol. The van der Waals surface area contributed by atoms with E-state index in [2.05, 4.69) is 54.2 Å². The van der Waals surface area contributed by atoms with E-state index in [0.717, 1.165) is 37.0 Å². The molecule has 2 nitrogen and oxygen atoms in total. The van der Waals surface area contributed by atoms with Gasteiger partial charge >= 0.3 is 0 Å². The van der Waals surface area contributed by atoms with E-state index >= 15 is 0 Å². The molecule has 0 spiro atoms. The van der Waals surface area contributed by atoms with Crippen LogP contribution in [0, 0.1) is 51.2 Å². The van der Waals surface area contributed by atoms with Gasteiger partial charge < -0.3 is 5.73 Å². The minimum Gasteiger partial charge on any atom is -0.325 e. The maximum Gasteiger partial charge on any atom is 0.132 e. The zero-order valence-corrected chi connectivity index (χ0v) is 26.1. The molecule has 0 saturated heterocycles. The molecule has 5 aliphatic carbocycles. The number of rotatable bonds is 7. The Morgan fingerprint density at radius 3 is 2.37 bits per heavy atom. The van der Waals surface area contributed by atoms with Gasteiger partial charge in [-0.3, -0.25) is 4.79 Å². The molecule has 9 atom stereocenters. The zero-order chi connectivity index (χ0) is 27.7. The Hall–Kier alpha value is -0.890. The highest BCUT2D eigenvalue weighted by Crippen LogP contribution is 2.76. The van der Waals surface area contributed by atoms with Crippen molar-refractivity contribution in [2.24, 2.45) is 57.0 Å². The lowest BCUT2D eigenvalue weighted by molar-refractivity contribution is -0.219. The largest absolute Gasteiger partial charge is 0.325 e. The first-order chi connectivity index (χ1) is 17.7. The minimum absolute atomic E-state index is 0.0459. The number of nitrogens with two attached hydrogens (primary N) is 1. The molecule has 5 aliphatic rings. The van der Waals surface area contributed by atoms with E-state index in [1.807, 2.05) is 6.92 Å². The number of fused-ring (bicyclic) bond motifs is 7. The third kappa shape index (κ3) is 4.00. The average molecular weight is 522 g/mol. The zero-order valence-electron chi connectivity index (χ0n) is 26.1. The van der Waals surface area contributed by atoms with Crippen molar-refractivity contribution in [2.75, 3.05) is 0 Å². The molecule has 0 unspecified atom stereocenters. The molecular weight excluding hydrogens is 462 g/mol. The SMILES string of the molecule is C=C(C)[C@@H]1CC[C@]2(N)CC[C@]3(C)[C@H](CC[C@@H]4[C@@]5(C)CC=C(CCCCC(=O)CC)C(C)(C)[C@@H]5CC[C@]43C)[C@@H]12. The van der Waals surface area contributed by atoms with Crippen molar-refractivity contribution in [3.05, 3.63) is 23.8 Å². The van der Waals surface area contributed by atoms with Gasteiger partial charge in [0.2, 0.25) is 0 Å². The molecule has 0 radical (unpaired) electrons. The Bertz CT molecular complexity index is 991. The van der Waals surface area contributed by atoms with Crippen LogP contribution in [0.4, 0.5) is 0 Å². The van der Waals surface area contributed by atoms with Crippen molar-refractivity contribution < 1.29 is 4.79 Å². The van der Waals surface area contributed by atoms with Crippen molar-refractivity contribution >= 4 is 5.78 Å². The fourth-order valence-corrected chi connectivity index (χ4v) is 12.1. The Morgan fingerprint density at radius 2 is 1.68 bits per heavy atom. The average Bonchev–Trinajstić information content (AvgIpc) is 3.21. The maximum atomic E-state index is 11.8. The summed E-state index contributed by atoms with van der Waals surface area (Å²) in [7, 11) is 0. The monoisotopic (exact) mass is 521 g/mol. The van der Waals surface area contributed by atoms with Crippen LogP contribution in [0.15, 0.2) is 23.8 Å². The van der Waals surface area contributed by atoms with Crippen LogP contribution in [0.2, 0.25) is 0 Å². The van der Waals surface area contributed by atoms with Crippen LogP contribution in [0.1, 0.15) is 138 Å². The molecule has 5 rings (SSSR count). The van der Waals surface area contributed by atoms with Crippen LogP contribution in [0.3, 0.4) is 0 Å². The second-order valence-corrected chi connectivity index (χ2v) is 16.2. The summed E-state index contributed by atoms with van der Waals surface area (Å²) in [4.78, 5) is 11.8. The molecule has 0 bridgehead atoms. The van der Waals surface area contributed by atoms with Crippen molar-refractivity contribution in [1.29, 1.82) is 0 Å². The normalized spacial score (nSPS) is 47.3. The van der Waals surface area contributed by atoms with E-state index in [1.165, 1.54) is 69.8 Å². The summed E-state index contributed by atoms with van der Waals surface area (Å²) >= 11 is 0. The molecule has 0 amide bonds. The highest BCUT2D eigenvalue weighted by Gasteiger charge is 2.69. The van der Waals surface area contributed by atoms with E-state index in [0.29, 0.717) is 40.3 Å². The number of Topliss-reactive ketones (excluding diaryl/α,β-unsaturated/α-hetero) is 1. The molecule has 0 aromatic carbocycles. The van der Waals surface area contributed by atoms with Gasteiger partial charge in [0.15, 0.2) is 0 Å². The lowest BCUT2D eigenvalue weighted by Gasteiger charge is -2.72. The van der Waals surface area contributed by atoms with Gasteiger partial charge in [0.1, 0.15) is 5.78 Å². The van der Waals surface area contributed by atoms with Crippen LogP contribution >= 0.6 is 0 Å². The maximum absolute atomic E-state index is 11.8. The molecule has 38 heavy (non-hydrogen) atoms. The van der Waals surface area contributed by atoms with Gasteiger partial charge in [-0.15, -0.1) is 0 Å². The molecule has 0 heterocycles. The van der Waals surface area contributed by atoms with Crippen molar-refractivity contribution in [2.45, 2.75) is 144 Å². The standard InChI is InChI=1S/C36H59NO/c1-9-26(38)13-11-10-12-25-16-19-33(6)29(32(25,4)5)18-20-35(8)30(33)15-14-28-31-27(24(2)3)17-21-36(31,37)23-22-34(28,35)7/h16,27-31H,2,9-15,17-23,37H2,1,3-8H3/t27-,28+,29-,30+,31+,33-,34+,35+,36-/m0/s1. The fourth-order valence-electron chi connectivity index (χ4n) is 12.1. The number of unbranched alkanes of at least 4 members (excludes halogenated alkanes) is 1. The summed E-state index contributed by atoms with van der Waals surface area (Å²) in [6, 6.07) is 0. The Kier molecular flexibility index (Phi) is 7.23. The van der Waals surface area contributed by atoms with Crippen LogP contribution in [0.25, 0.3) is 0 Å². The second kappa shape index (κ2) is 9.60. The van der Waals surface area contributed by atoms with Crippen molar-refractivity contribution in [1.82, 2.24) is 0 Å². The molecule has 0 aromatic heterocycles. The summed E-state index contributed by atoms with van der Waals surface area (Å²) in [5.74, 6) is 3.99. The van der Waals surface area contributed by atoms with Gasteiger partial charge in [0.05, 0.1) is 0 Å². The van der Waals surface area contributed by atoms with Crippen LogP contribution in [-0.4, -0.2) is 11.3 Å². The molecule has 2 heteroatoms. The molecule has 4 fully saturated rings. The van der Waals surface area contributed by atoms with E-state index in [4.69, 9.17) is 5.73 Å². The number of allylic oxidation sites excluding steroid dienone is 3. The van der Waals surface area contributed by atoms with Gasteiger partial charge in [-0.2, -0.15) is 0 Å². The van der Waals surface area contributed by atoms with Gasteiger partial charge in [-0.25, -0.2) is 0 Å².